The topological polar surface area (TPSA) is 88.3 Å². The van der Waals surface area contributed by atoms with Crippen molar-refractivity contribution in [1.82, 2.24) is 4.98 Å². The van der Waals surface area contributed by atoms with Gasteiger partial charge in [-0.1, -0.05) is 18.2 Å². The Morgan fingerprint density at radius 2 is 2.04 bits per heavy atom. The molecule has 1 amide bonds. The number of para-hydroxylation sites is 1. The number of rotatable bonds is 4. The molecule has 1 aromatic carbocycles. The maximum atomic E-state index is 12.1. The summed E-state index contributed by atoms with van der Waals surface area (Å²) in [6, 6.07) is 8.92. The molecule has 120 valence electrons. The molecule has 2 N–H and O–H groups in total. The van der Waals surface area contributed by atoms with Crippen LogP contribution in [0.3, 0.4) is 0 Å². The van der Waals surface area contributed by atoms with Crippen molar-refractivity contribution >= 4 is 55.4 Å². The Morgan fingerprint density at radius 3 is 2.70 bits per heavy atom. The molecule has 2 aromatic rings. The smallest absolute Gasteiger partial charge is 0.332 e. The lowest BCUT2D eigenvalue weighted by Gasteiger charge is -2.02. The van der Waals surface area contributed by atoms with Gasteiger partial charge in [-0.05, 0) is 35.0 Å². The highest BCUT2D eigenvalue weighted by Crippen LogP contribution is 2.10. The number of benzene rings is 1. The Labute approximate surface area is 143 Å². The van der Waals surface area contributed by atoms with Gasteiger partial charge in [0.25, 0.3) is 11.5 Å². The number of hydrogen-bond donors (Lipinski definition) is 2. The fraction of sp³-hybridized carbons (Fsp3) is 0.133. The molecule has 23 heavy (non-hydrogen) atoms. The van der Waals surface area contributed by atoms with Gasteiger partial charge in [0.15, 0.2) is 0 Å². The van der Waals surface area contributed by atoms with Gasteiger partial charge >= 0.3 is 5.97 Å². The third-order valence-electron chi connectivity index (χ3n) is 2.63. The van der Waals surface area contributed by atoms with Crippen molar-refractivity contribution in [3.63, 3.8) is 0 Å². The van der Waals surface area contributed by atoms with E-state index in [-0.39, 0.29) is 15.6 Å². The minimum absolute atomic E-state index is 0.169. The predicted octanol–water partition coefficient (Wildman–Crippen LogP) is 0.922. The number of ether oxygens (including phenoxy) is 1. The summed E-state index contributed by atoms with van der Waals surface area (Å²) in [6.45, 7) is 1.90. The van der Waals surface area contributed by atoms with Crippen LogP contribution in [0.2, 0.25) is 0 Å². The van der Waals surface area contributed by atoms with Gasteiger partial charge in [-0.2, -0.15) is 0 Å². The molecule has 0 radical (unpaired) electrons. The monoisotopic (exact) mass is 396 g/mol. The van der Waals surface area contributed by atoms with Crippen LogP contribution in [0.1, 0.15) is 6.92 Å². The molecule has 1 aromatic heterocycles. The summed E-state index contributed by atoms with van der Waals surface area (Å²) < 4.78 is 5.42. The third-order valence-corrected chi connectivity index (χ3v) is 4.68. The van der Waals surface area contributed by atoms with Crippen molar-refractivity contribution in [1.29, 1.82) is 0 Å². The number of carbonyl (C=O) groups excluding carboxylic acids is 2. The molecular weight excluding hydrogens is 384 g/mol. The first-order chi connectivity index (χ1) is 11.0. The average molecular weight is 397 g/mol. The van der Waals surface area contributed by atoms with Crippen LogP contribution in [0.15, 0.2) is 35.1 Å². The summed E-state index contributed by atoms with van der Waals surface area (Å²) in [5.41, 5.74) is 0.175. The Morgan fingerprint density at radius 1 is 1.35 bits per heavy atom. The van der Waals surface area contributed by atoms with E-state index < -0.39 is 17.4 Å². The zero-order valence-electron chi connectivity index (χ0n) is 12.1. The number of carbonyl (C=O) groups is 2. The second-order valence-electron chi connectivity index (χ2n) is 4.28. The van der Waals surface area contributed by atoms with E-state index in [0.29, 0.717) is 10.4 Å². The molecule has 8 heteroatoms. The van der Waals surface area contributed by atoms with Crippen molar-refractivity contribution in [2.45, 2.75) is 6.92 Å². The Kier molecular flexibility index (Phi) is 5.89. The number of halogens is 1. The van der Waals surface area contributed by atoms with Crippen LogP contribution in [0.5, 0.6) is 0 Å². The van der Waals surface area contributed by atoms with Crippen LogP contribution in [0.4, 0.5) is 5.69 Å². The SMILES string of the molecule is CCOC(=O)/C=c1\s/c(=C(\Br)C(=O)Nc2ccccc2)[nH]c1=O. The third kappa shape index (κ3) is 4.64. The van der Waals surface area contributed by atoms with Crippen molar-refractivity contribution in [3.8, 4) is 0 Å². The number of esters is 1. The van der Waals surface area contributed by atoms with Gasteiger partial charge in [-0.3, -0.25) is 9.59 Å². The minimum atomic E-state index is -0.601. The summed E-state index contributed by atoms with van der Waals surface area (Å²) in [5, 5.41) is 2.69. The lowest BCUT2D eigenvalue weighted by atomic mass is 10.3. The number of thiazole rings is 1. The average Bonchev–Trinajstić information content (AvgIpc) is 2.88. The van der Waals surface area contributed by atoms with E-state index in [4.69, 9.17) is 4.74 Å². The molecule has 0 aliphatic rings. The van der Waals surface area contributed by atoms with E-state index in [1.807, 2.05) is 6.07 Å². The van der Waals surface area contributed by atoms with Crippen LogP contribution in [-0.2, 0) is 14.3 Å². The predicted molar refractivity (Wildman–Crippen MR) is 92.7 cm³/mol. The van der Waals surface area contributed by atoms with Crippen molar-refractivity contribution in [3.05, 3.63) is 49.9 Å². The van der Waals surface area contributed by atoms with Crippen LogP contribution < -0.4 is 20.1 Å². The first-order valence-electron chi connectivity index (χ1n) is 6.65. The molecule has 0 fully saturated rings. The summed E-state index contributed by atoms with van der Waals surface area (Å²) in [6.07, 6.45) is 1.10. The molecule has 1 heterocycles. The van der Waals surface area contributed by atoms with E-state index in [1.54, 1.807) is 31.2 Å². The zero-order chi connectivity index (χ0) is 16.8. The standard InChI is InChI=1S/C15H13BrN2O4S/c1-2-22-11(19)8-10-13(20)18-15(23-10)12(16)14(21)17-9-6-4-3-5-7-9/h3-8H,2H2,1H3,(H,17,21)(H,18,20)/b10-8-,15-12-. The number of aromatic amines is 1. The van der Waals surface area contributed by atoms with Crippen LogP contribution in [-0.4, -0.2) is 23.5 Å². The highest BCUT2D eigenvalue weighted by molar-refractivity contribution is 9.15. The molecule has 0 saturated carbocycles. The first-order valence-corrected chi connectivity index (χ1v) is 8.26. The van der Waals surface area contributed by atoms with Gasteiger partial charge in [-0.15, -0.1) is 11.3 Å². The molecule has 0 saturated heterocycles. The Balaban J connectivity index is 2.32. The number of hydrogen-bond acceptors (Lipinski definition) is 5. The maximum absolute atomic E-state index is 12.1. The van der Waals surface area contributed by atoms with Gasteiger partial charge in [0, 0.05) is 11.8 Å². The highest BCUT2D eigenvalue weighted by atomic mass is 79.9. The molecule has 0 aliphatic heterocycles. The fourth-order valence-electron chi connectivity index (χ4n) is 1.64. The van der Waals surface area contributed by atoms with Crippen molar-refractivity contribution in [2.24, 2.45) is 0 Å². The lowest BCUT2D eigenvalue weighted by molar-refractivity contribution is -0.135. The minimum Gasteiger partial charge on any atom is -0.463 e. The molecular formula is C15H13BrN2O4S. The molecule has 0 unspecified atom stereocenters. The molecule has 0 spiro atoms. The summed E-state index contributed by atoms with van der Waals surface area (Å²) in [7, 11) is 0. The second-order valence-corrected chi connectivity index (χ2v) is 6.13. The number of aromatic nitrogens is 1. The Hall–Kier alpha value is -2.19. The van der Waals surface area contributed by atoms with Gasteiger partial charge < -0.3 is 15.0 Å². The molecule has 2 rings (SSSR count). The number of amides is 1. The highest BCUT2D eigenvalue weighted by Gasteiger charge is 2.10. The number of anilines is 1. The second kappa shape index (κ2) is 7.89. The van der Waals surface area contributed by atoms with E-state index in [2.05, 4.69) is 26.2 Å². The Bertz CT molecular complexity index is 886. The van der Waals surface area contributed by atoms with Crippen LogP contribution >= 0.6 is 27.3 Å². The number of H-pyrrole nitrogens is 1. The fourth-order valence-corrected chi connectivity index (χ4v) is 2.93. The van der Waals surface area contributed by atoms with Gasteiger partial charge in [0.2, 0.25) is 0 Å². The molecule has 0 atom stereocenters. The van der Waals surface area contributed by atoms with Gasteiger partial charge in [0.1, 0.15) is 13.7 Å². The quantitative estimate of drug-likeness (QED) is 0.752. The van der Waals surface area contributed by atoms with E-state index in [1.165, 1.54) is 0 Å². The summed E-state index contributed by atoms with van der Waals surface area (Å²) in [5.74, 6) is -1.01. The molecule has 6 nitrogen and oxygen atoms in total. The number of nitrogens with one attached hydrogen (secondary N) is 2. The molecule has 0 aliphatic carbocycles. The van der Waals surface area contributed by atoms with Gasteiger partial charge in [0.05, 0.1) is 6.61 Å². The normalized spacial score (nSPS) is 12.7. The molecule has 0 bridgehead atoms. The van der Waals surface area contributed by atoms with Crippen LogP contribution in [0, 0.1) is 0 Å². The largest absolute Gasteiger partial charge is 0.463 e. The zero-order valence-corrected chi connectivity index (χ0v) is 14.5. The summed E-state index contributed by atoms with van der Waals surface area (Å²) in [4.78, 5) is 37.9. The van der Waals surface area contributed by atoms with Crippen molar-refractivity contribution in [2.75, 3.05) is 11.9 Å². The van der Waals surface area contributed by atoms with Gasteiger partial charge in [-0.25, -0.2) is 4.79 Å². The van der Waals surface area contributed by atoms with E-state index in [9.17, 15) is 14.4 Å². The van der Waals surface area contributed by atoms with E-state index >= 15 is 0 Å². The van der Waals surface area contributed by atoms with Crippen molar-refractivity contribution < 1.29 is 14.3 Å². The maximum Gasteiger partial charge on any atom is 0.332 e. The summed E-state index contributed by atoms with van der Waals surface area (Å²) >= 11 is 4.16. The van der Waals surface area contributed by atoms with E-state index in [0.717, 1.165) is 17.4 Å². The first kappa shape index (κ1) is 17.2. The lowest BCUT2D eigenvalue weighted by Crippen LogP contribution is -2.22. The van der Waals surface area contributed by atoms with Crippen LogP contribution in [0.25, 0.3) is 10.6 Å².